The first kappa shape index (κ1) is 20.1. The Morgan fingerprint density at radius 3 is 2.41 bits per heavy atom. The van der Waals surface area contributed by atoms with Gasteiger partial charge in [-0.25, -0.2) is 9.97 Å². The lowest BCUT2D eigenvalue weighted by Gasteiger charge is -2.11. The molecule has 0 saturated heterocycles. The van der Waals surface area contributed by atoms with Crippen molar-refractivity contribution < 1.29 is 14.3 Å². The smallest absolute Gasteiger partial charge is 0.275 e. The van der Waals surface area contributed by atoms with Gasteiger partial charge in [0.05, 0.1) is 31.3 Å². The van der Waals surface area contributed by atoms with Crippen molar-refractivity contribution in [2.75, 3.05) is 17.7 Å². The molecule has 0 radical (unpaired) electrons. The van der Waals surface area contributed by atoms with Crippen molar-refractivity contribution in [3.8, 4) is 11.5 Å². The fourth-order valence-electron chi connectivity index (χ4n) is 2.65. The summed E-state index contributed by atoms with van der Waals surface area (Å²) in [5, 5.41) is 5.95. The third-order valence-corrected chi connectivity index (χ3v) is 3.99. The molecular weight excluding hydrogens is 368 g/mol. The van der Waals surface area contributed by atoms with Gasteiger partial charge < -0.3 is 20.1 Å². The average molecular weight is 392 g/mol. The Kier molecular flexibility index (Phi) is 6.29. The Morgan fingerprint density at radius 2 is 1.79 bits per heavy atom. The van der Waals surface area contributed by atoms with E-state index < -0.39 is 0 Å². The number of benzene rings is 2. The van der Waals surface area contributed by atoms with E-state index in [1.54, 1.807) is 13.2 Å². The zero-order chi connectivity index (χ0) is 20.8. The van der Waals surface area contributed by atoms with E-state index >= 15 is 0 Å². The second-order valence-electron chi connectivity index (χ2n) is 6.76. The van der Waals surface area contributed by atoms with Crippen LogP contribution < -0.4 is 20.1 Å². The van der Waals surface area contributed by atoms with Crippen LogP contribution in [-0.4, -0.2) is 29.1 Å². The van der Waals surface area contributed by atoms with Crippen molar-refractivity contribution in [1.29, 1.82) is 0 Å². The molecule has 1 heterocycles. The molecular formula is C22H24N4O3. The molecule has 0 saturated carbocycles. The van der Waals surface area contributed by atoms with Gasteiger partial charge in [0.1, 0.15) is 23.0 Å². The molecule has 3 aromatic rings. The fraction of sp³-hybridized carbons (Fsp3) is 0.227. The predicted octanol–water partition coefficient (Wildman–Crippen LogP) is 4.58. The molecule has 1 aromatic heterocycles. The lowest BCUT2D eigenvalue weighted by atomic mass is 10.2. The van der Waals surface area contributed by atoms with E-state index in [1.165, 1.54) is 12.4 Å². The topological polar surface area (TPSA) is 85.4 Å². The minimum absolute atomic E-state index is 0.123. The fourth-order valence-corrected chi connectivity index (χ4v) is 2.65. The summed E-state index contributed by atoms with van der Waals surface area (Å²) in [5.41, 5.74) is 2.65. The first-order chi connectivity index (χ1) is 13.9. The molecule has 1 amide bonds. The van der Waals surface area contributed by atoms with E-state index in [9.17, 15) is 4.79 Å². The molecule has 0 aliphatic heterocycles. The standard InChI is InChI=1S/C22H24N4O3/c1-14(2)29-17-8-6-16(7-9-17)25-21-13-23-19(12-24-21)22(27)26-18-11-15(3)5-10-20(18)28-4/h5-14H,1-4H3,(H,24,25)(H,26,27). The molecule has 0 spiro atoms. The lowest BCUT2D eigenvalue weighted by Crippen LogP contribution is -2.15. The number of aryl methyl sites for hydroxylation is 1. The Balaban J connectivity index is 1.65. The summed E-state index contributed by atoms with van der Waals surface area (Å²) in [6, 6.07) is 13.1. The highest BCUT2D eigenvalue weighted by molar-refractivity contribution is 6.03. The monoisotopic (exact) mass is 392 g/mol. The summed E-state index contributed by atoms with van der Waals surface area (Å²) in [5.74, 6) is 1.56. The van der Waals surface area contributed by atoms with Crippen molar-refractivity contribution in [3.05, 3.63) is 66.1 Å². The molecule has 2 N–H and O–H groups in total. The van der Waals surface area contributed by atoms with Crippen LogP contribution in [0.25, 0.3) is 0 Å². The molecule has 2 aromatic carbocycles. The minimum atomic E-state index is -0.358. The first-order valence-corrected chi connectivity index (χ1v) is 9.26. The van der Waals surface area contributed by atoms with Crippen molar-refractivity contribution in [1.82, 2.24) is 9.97 Å². The first-order valence-electron chi connectivity index (χ1n) is 9.26. The SMILES string of the molecule is COc1ccc(C)cc1NC(=O)c1cnc(Nc2ccc(OC(C)C)cc2)cn1. The minimum Gasteiger partial charge on any atom is -0.495 e. The molecule has 0 aliphatic carbocycles. The van der Waals surface area contributed by atoms with Crippen LogP contribution in [0.2, 0.25) is 0 Å². The highest BCUT2D eigenvalue weighted by Gasteiger charge is 2.12. The normalized spacial score (nSPS) is 10.5. The average Bonchev–Trinajstić information content (AvgIpc) is 2.70. The van der Waals surface area contributed by atoms with E-state index in [0.717, 1.165) is 17.0 Å². The van der Waals surface area contributed by atoms with Crippen molar-refractivity contribution in [2.45, 2.75) is 26.9 Å². The van der Waals surface area contributed by atoms with Gasteiger partial charge in [0.15, 0.2) is 0 Å². The Bertz CT molecular complexity index is 970. The highest BCUT2D eigenvalue weighted by atomic mass is 16.5. The van der Waals surface area contributed by atoms with Crippen molar-refractivity contribution >= 4 is 23.1 Å². The zero-order valence-corrected chi connectivity index (χ0v) is 16.9. The quantitative estimate of drug-likeness (QED) is 0.612. The van der Waals surface area contributed by atoms with Gasteiger partial charge in [0.2, 0.25) is 0 Å². The third kappa shape index (κ3) is 5.44. The van der Waals surface area contributed by atoms with Gasteiger partial charge in [-0.05, 0) is 62.7 Å². The maximum atomic E-state index is 12.5. The number of nitrogens with one attached hydrogen (secondary N) is 2. The van der Waals surface area contributed by atoms with Crippen LogP contribution in [0.15, 0.2) is 54.9 Å². The number of ether oxygens (including phenoxy) is 2. The van der Waals surface area contributed by atoms with Crippen LogP contribution in [0.4, 0.5) is 17.2 Å². The number of amides is 1. The van der Waals surface area contributed by atoms with E-state index in [-0.39, 0.29) is 17.7 Å². The number of nitrogens with zero attached hydrogens (tertiary/aromatic N) is 2. The number of rotatable bonds is 7. The molecule has 0 unspecified atom stereocenters. The molecule has 3 rings (SSSR count). The maximum Gasteiger partial charge on any atom is 0.275 e. The number of aromatic nitrogens is 2. The molecule has 0 bridgehead atoms. The molecule has 29 heavy (non-hydrogen) atoms. The number of carbonyl (C=O) groups excluding carboxylic acids is 1. The Labute approximate surface area is 170 Å². The van der Waals surface area contributed by atoms with Crippen molar-refractivity contribution in [3.63, 3.8) is 0 Å². The largest absolute Gasteiger partial charge is 0.495 e. The van der Waals surface area contributed by atoms with Gasteiger partial charge in [-0.1, -0.05) is 6.07 Å². The van der Waals surface area contributed by atoms with E-state index in [4.69, 9.17) is 9.47 Å². The summed E-state index contributed by atoms with van der Waals surface area (Å²) in [6.07, 6.45) is 3.06. The lowest BCUT2D eigenvalue weighted by molar-refractivity contribution is 0.102. The molecule has 0 atom stereocenters. The molecule has 0 fully saturated rings. The van der Waals surface area contributed by atoms with E-state index in [2.05, 4.69) is 20.6 Å². The van der Waals surface area contributed by atoms with Gasteiger partial charge in [0, 0.05) is 5.69 Å². The summed E-state index contributed by atoms with van der Waals surface area (Å²) in [7, 11) is 1.56. The number of hydrogen-bond donors (Lipinski definition) is 2. The summed E-state index contributed by atoms with van der Waals surface area (Å²) in [4.78, 5) is 21.0. The molecule has 7 nitrogen and oxygen atoms in total. The van der Waals surface area contributed by atoms with Gasteiger partial charge in [-0.3, -0.25) is 4.79 Å². The molecule has 150 valence electrons. The van der Waals surface area contributed by atoms with Crippen molar-refractivity contribution in [2.24, 2.45) is 0 Å². The van der Waals surface area contributed by atoms with Crippen LogP contribution in [0.5, 0.6) is 11.5 Å². The molecule has 7 heteroatoms. The maximum absolute atomic E-state index is 12.5. The van der Waals surface area contributed by atoms with Crippen LogP contribution >= 0.6 is 0 Å². The van der Waals surface area contributed by atoms with E-state index in [1.807, 2.05) is 57.2 Å². The number of methoxy groups -OCH3 is 1. The van der Waals surface area contributed by atoms with Crippen LogP contribution in [-0.2, 0) is 0 Å². The number of anilines is 3. The van der Waals surface area contributed by atoms with Crippen LogP contribution in [0, 0.1) is 6.92 Å². The van der Waals surface area contributed by atoms with Gasteiger partial charge >= 0.3 is 0 Å². The van der Waals surface area contributed by atoms with Gasteiger partial charge in [0.25, 0.3) is 5.91 Å². The Hall–Kier alpha value is -3.61. The summed E-state index contributed by atoms with van der Waals surface area (Å²) < 4.78 is 10.9. The number of carbonyl (C=O) groups is 1. The van der Waals surface area contributed by atoms with Crippen LogP contribution in [0.1, 0.15) is 29.9 Å². The summed E-state index contributed by atoms with van der Waals surface area (Å²) in [6.45, 7) is 5.90. The second-order valence-corrected chi connectivity index (χ2v) is 6.76. The van der Waals surface area contributed by atoms with Gasteiger partial charge in [-0.2, -0.15) is 0 Å². The summed E-state index contributed by atoms with van der Waals surface area (Å²) >= 11 is 0. The predicted molar refractivity (Wildman–Crippen MR) is 113 cm³/mol. The Morgan fingerprint density at radius 1 is 1.03 bits per heavy atom. The molecule has 0 aliphatic rings. The van der Waals surface area contributed by atoms with Crippen LogP contribution in [0.3, 0.4) is 0 Å². The van der Waals surface area contributed by atoms with Gasteiger partial charge in [-0.15, -0.1) is 0 Å². The highest BCUT2D eigenvalue weighted by Crippen LogP contribution is 2.25. The third-order valence-electron chi connectivity index (χ3n) is 3.99. The van der Waals surface area contributed by atoms with E-state index in [0.29, 0.717) is 17.3 Å². The number of hydrogen-bond acceptors (Lipinski definition) is 6. The second kappa shape index (κ2) is 9.05. The zero-order valence-electron chi connectivity index (χ0n) is 16.9.